The van der Waals surface area contributed by atoms with E-state index >= 15 is 0 Å². The van der Waals surface area contributed by atoms with Crippen molar-refractivity contribution in [2.24, 2.45) is 0 Å². The summed E-state index contributed by atoms with van der Waals surface area (Å²) in [5.74, 6) is -0.0399. The first-order valence-corrected chi connectivity index (χ1v) is 35.2. The molecule has 0 aliphatic rings. The molecule has 3 N–H and O–H groups in total. The average Bonchev–Trinajstić information content (AvgIpc) is 3.44. The van der Waals surface area contributed by atoms with E-state index in [1.807, 2.05) is 0 Å². The van der Waals surface area contributed by atoms with Crippen molar-refractivity contribution in [3.8, 4) is 0 Å². The van der Waals surface area contributed by atoms with Gasteiger partial charge in [-0.2, -0.15) is 0 Å². The second kappa shape index (κ2) is 67.6. The molecule has 2 atom stereocenters. The molecule has 0 saturated carbocycles. The zero-order chi connectivity index (χ0) is 56.4. The lowest BCUT2D eigenvalue weighted by Crippen LogP contribution is -2.45. The third-order valence-corrected chi connectivity index (χ3v) is 16.4. The molecule has 6 nitrogen and oxygen atoms in total. The number of allylic oxidation sites excluding steroid dienone is 6. The van der Waals surface area contributed by atoms with Crippen LogP contribution in [0.5, 0.6) is 0 Å². The van der Waals surface area contributed by atoms with Crippen molar-refractivity contribution < 1.29 is 24.5 Å². The zero-order valence-corrected chi connectivity index (χ0v) is 52.7. The number of unbranched alkanes of at least 4 members (excludes halogenated alkanes) is 49. The molecule has 0 rings (SSSR count). The molecule has 0 aromatic carbocycles. The van der Waals surface area contributed by atoms with Crippen LogP contribution < -0.4 is 5.32 Å². The highest BCUT2D eigenvalue weighted by Gasteiger charge is 2.20. The van der Waals surface area contributed by atoms with Gasteiger partial charge in [0.15, 0.2) is 0 Å². The largest absolute Gasteiger partial charge is 0.466 e. The number of amides is 1. The van der Waals surface area contributed by atoms with Crippen LogP contribution in [0.15, 0.2) is 36.5 Å². The van der Waals surface area contributed by atoms with Crippen molar-refractivity contribution in [2.75, 3.05) is 13.2 Å². The molecule has 0 aliphatic carbocycles. The Morgan fingerprint density at radius 2 is 0.654 bits per heavy atom. The summed E-state index contributed by atoms with van der Waals surface area (Å²) in [6.45, 7) is 4.93. The number of hydrogen-bond acceptors (Lipinski definition) is 5. The summed E-state index contributed by atoms with van der Waals surface area (Å²) in [6, 6.07) is -0.548. The molecule has 6 heteroatoms. The Morgan fingerprint density at radius 1 is 0.359 bits per heavy atom. The molecule has 0 bridgehead atoms. The lowest BCUT2D eigenvalue weighted by atomic mass is 10.0. The van der Waals surface area contributed by atoms with E-state index in [9.17, 15) is 19.8 Å². The van der Waals surface area contributed by atoms with Gasteiger partial charge in [-0.3, -0.25) is 9.59 Å². The predicted octanol–water partition coefficient (Wildman–Crippen LogP) is 22.7. The molecule has 2 unspecified atom stereocenters. The second-order valence-electron chi connectivity index (χ2n) is 24.2. The van der Waals surface area contributed by atoms with E-state index in [1.165, 1.54) is 302 Å². The first-order chi connectivity index (χ1) is 38.5. The smallest absolute Gasteiger partial charge is 0.305 e. The Morgan fingerprint density at radius 3 is 1.03 bits per heavy atom. The van der Waals surface area contributed by atoms with Crippen molar-refractivity contribution in [1.29, 1.82) is 0 Å². The fraction of sp³-hybridized carbons (Fsp3) is 0.889. The average molecular weight is 1100 g/mol. The van der Waals surface area contributed by atoms with Gasteiger partial charge >= 0.3 is 5.97 Å². The van der Waals surface area contributed by atoms with Crippen LogP contribution in [-0.4, -0.2) is 47.4 Å². The van der Waals surface area contributed by atoms with Crippen LogP contribution in [0.2, 0.25) is 0 Å². The van der Waals surface area contributed by atoms with E-state index in [-0.39, 0.29) is 18.5 Å². The minimum atomic E-state index is -0.670. The van der Waals surface area contributed by atoms with Crippen molar-refractivity contribution in [2.45, 2.75) is 398 Å². The highest BCUT2D eigenvalue weighted by molar-refractivity contribution is 5.76. The third kappa shape index (κ3) is 63.3. The molecule has 78 heavy (non-hydrogen) atoms. The molecule has 0 spiro atoms. The summed E-state index contributed by atoms with van der Waals surface area (Å²) >= 11 is 0. The summed E-state index contributed by atoms with van der Waals surface area (Å²) in [6.07, 6.45) is 86.1. The molecule has 460 valence electrons. The van der Waals surface area contributed by atoms with Crippen LogP contribution in [0.3, 0.4) is 0 Å². The van der Waals surface area contributed by atoms with Gasteiger partial charge in [0.2, 0.25) is 5.91 Å². The van der Waals surface area contributed by atoms with Gasteiger partial charge in [-0.1, -0.05) is 333 Å². The number of ether oxygens (including phenoxy) is 1. The molecule has 1 amide bonds. The van der Waals surface area contributed by atoms with Crippen molar-refractivity contribution in [3.05, 3.63) is 36.5 Å². The second-order valence-corrected chi connectivity index (χ2v) is 24.2. The number of nitrogens with one attached hydrogen (secondary N) is 1. The molecule has 0 heterocycles. The monoisotopic (exact) mass is 1100 g/mol. The van der Waals surface area contributed by atoms with Crippen LogP contribution in [0.25, 0.3) is 0 Å². The van der Waals surface area contributed by atoms with Crippen molar-refractivity contribution >= 4 is 11.9 Å². The van der Waals surface area contributed by atoms with E-state index in [4.69, 9.17) is 4.74 Å². The first-order valence-electron chi connectivity index (χ1n) is 35.2. The molecule has 0 saturated heterocycles. The maximum atomic E-state index is 12.6. The van der Waals surface area contributed by atoms with E-state index in [0.717, 1.165) is 51.4 Å². The van der Waals surface area contributed by atoms with Gasteiger partial charge in [0.05, 0.1) is 25.4 Å². The third-order valence-electron chi connectivity index (χ3n) is 16.4. The fourth-order valence-corrected chi connectivity index (χ4v) is 11.0. The SMILES string of the molecule is CCCC/C=C\C/C=C\CCCCCCCC(=O)OCCCCCCCCCCCCCC/C=C\CCCCCCCCCC(=O)NC(CO)C(O)CCCCCCCCCCCCCCCCCCCCCCCCCC. The number of aliphatic hydroxyl groups is 2. The van der Waals surface area contributed by atoms with Crippen LogP contribution in [0.4, 0.5) is 0 Å². The minimum Gasteiger partial charge on any atom is -0.466 e. The number of hydrogen-bond donors (Lipinski definition) is 3. The van der Waals surface area contributed by atoms with Gasteiger partial charge in [0.25, 0.3) is 0 Å². The molecular weight excluding hydrogens is 959 g/mol. The quantitative estimate of drug-likeness (QED) is 0.0320. The number of esters is 1. The van der Waals surface area contributed by atoms with Crippen molar-refractivity contribution in [3.63, 3.8) is 0 Å². The predicted molar refractivity (Wildman–Crippen MR) is 343 cm³/mol. The standard InChI is InChI=1S/C72H137NO5/c1-3-5-7-9-11-13-15-17-19-20-21-22-23-25-28-31-34-37-40-44-48-52-56-60-64-70(75)69(68-74)73-71(76)65-61-57-53-49-45-41-38-35-32-29-26-24-27-30-33-36-39-43-47-51-55-59-63-67-78-72(77)66-62-58-54-50-46-42-18-16-14-12-10-8-6-4-2/h10,12,16,18,29,32,69-70,74-75H,3-9,11,13-15,17,19-28,30-31,33-68H2,1-2H3,(H,73,76)/b12-10-,18-16-,32-29-. The summed E-state index contributed by atoms with van der Waals surface area (Å²) < 4.78 is 5.48. The number of carbonyl (C=O) groups is 2. The maximum absolute atomic E-state index is 12.6. The lowest BCUT2D eigenvalue weighted by Gasteiger charge is -2.22. The van der Waals surface area contributed by atoms with Gasteiger partial charge in [-0.25, -0.2) is 0 Å². The Hall–Kier alpha value is -1.92. The van der Waals surface area contributed by atoms with Crippen LogP contribution in [-0.2, 0) is 14.3 Å². The van der Waals surface area contributed by atoms with Gasteiger partial charge in [-0.15, -0.1) is 0 Å². The topological polar surface area (TPSA) is 95.9 Å². The number of carbonyl (C=O) groups excluding carboxylic acids is 2. The molecular formula is C72H137NO5. The van der Waals surface area contributed by atoms with E-state index in [1.54, 1.807) is 0 Å². The zero-order valence-electron chi connectivity index (χ0n) is 52.7. The van der Waals surface area contributed by atoms with E-state index in [2.05, 4.69) is 55.6 Å². The Kier molecular flexibility index (Phi) is 65.9. The van der Waals surface area contributed by atoms with Gasteiger partial charge < -0.3 is 20.3 Å². The molecule has 0 aromatic heterocycles. The summed E-state index contributed by atoms with van der Waals surface area (Å²) in [5.41, 5.74) is 0. The summed E-state index contributed by atoms with van der Waals surface area (Å²) in [5, 5.41) is 23.4. The first kappa shape index (κ1) is 76.1. The van der Waals surface area contributed by atoms with E-state index < -0.39 is 12.1 Å². The Labute approximate surface area is 487 Å². The van der Waals surface area contributed by atoms with Gasteiger partial charge in [0, 0.05) is 12.8 Å². The highest BCUT2D eigenvalue weighted by atomic mass is 16.5. The highest BCUT2D eigenvalue weighted by Crippen LogP contribution is 2.19. The fourth-order valence-electron chi connectivity index (χ4n) is 11.0. The molecule has 0 aliphatic heterocycles. The Bertz CT molecular complexity index is 1260. The molecule has 0 fully saturated rings. The van der Waals surface area contributed by atoms with Gasteiger partial charge in [-0.05, 0) is 77.0 Å². The normalized spacial score (nSPS) is 12.7. The van der Waals surface area contributed by atoms with E-state index in [0.29, 0.717) is 25.9 Å². The van der Waals surface area contributed by atoms with Crippen LogP contribution in [0.1, 0.15) is 386 Å². The van der Waals surface area contributed by atoms with Crippen LogP contribution >= 0.6 is 0 Å². The van der Waals surface area contributed by atoms with Gasteiger partial charge in [0.1, 0.15) is 0 Å². The summed E-state index contributed by atoms with van der Waals surface area (Å²) in [7, 11) is 0. The minimum absolute atomic E-state index is 0.00254. The van der Waals surface area contributed by atoms with Crippen molar-refractivity contribution in [1.82, 2.24) is 5.32 Å². The maximum Gasteiger partial charge on any atom is 0.305 e. The Balaban J connectivity index is 3.42. The number of aliphatic hydroxyl groups excluding tert-OH is 2. The lowest BCUT2D eigenvalue weighted by molar-refractivity contribution is -0.143. The number of rotatable bonds is 66. The van der Waals surface area contributed by atoms with Crippen LogP contribution in [0, 0.1) is 0 Å². The molecule has 0 aromatic rings. The molecule has 0 radical (unpaired) electrons. The summed E-state index contributed by atoms with van der Waals surface area (Å²) in [4.78, 5) is 24.6.